The van der Waals surface area contributed by atoms with Crippen LogP contribution >= 0.6 is 0 Å². The maximum atomic E-state index is 10.9. The van der Waals surface area contributed by atoms with Gasteiger partial charge in [-0.1, -0.05) is 6.08 Å². The predicted molar refractivity (Wildman–Crippen MR) is 37.4 cm³/mol. The molecule has 0 amide bonds. The minimum absolute atomic E-state index is 0.273. The van der Waals surface area contributed by atoms with E-state index in [9.17, 15) is 9.59 Å². The van der Waals surface area contributed by atoms with Crippen molar-refractivity contribution >= 4 is 11.8 Å². The van der Waals surface area contributed by atoms with Gasteiger partial charge in [0.2, 0.25) is 0 Å². The second-order valence-electron chi connectivity index (χ2n) is 2.17. The molecule has 2 N–H and O–H groups in total. The summed E-state index contributed by atoms with van der Waals surface area (Å²) in [5.41, 5.74) is -0.273. The maximum absolute atomic E-state index is 10.9. The fourth-order valence-corrected chi connectivity index (χ4v) is 0.867. The Morgan fingerprint density at radius 2 is 2.25 bits per heavy atom. The molecule has 12 heavy (non-hydrogen) atoms. The summed E-state index contributed by atoms with van der Waals surface area (Å²) in [5, 5.41) is 16.7. The lowest BCUT2D eigenvalue weighted by atomic mass is 10.0. The van der Waals surface area contributed by atoms with Crippen LogP contribution in [0.1, 0.15) is 0 Å². The van der Waals surface area contributed by atoms with Gasteiger partial charge in [-0.25, -0.2) is 9.68 Å². The third-order valence-electron chi connectivity index (χ3n) is 1.43. The van der Waals surface area contributed by atoms with Crippen LogP contribution < -0.4 is 0 Å². The second-order valence-corrected chi connectivity index (χ2v) is 2.17. The van der Waals surface area contributed by atoms with Crippen LogP contribution in [0.25, 0.3) is 0 Å². The summed E-state index contributed by atoms with van der Waals surface area (Å²) >= 11 is 0. The van der Waals surface area contributed by atoms with E-state index in [-0.39, 0.29) is 5.57 Å². The van der Waals surface area contributed by atoms with E-state index in [0.29, 0.717) is 0 Å². The zero-order valence-corrected chi connectivity index (χ0v) is 5.93. The Morgan fingerprint density at radius 1 is 1.58 bits per heavy atom. The second kappa shape index (κ2) is 3.29. The van der Waals surface area contributed by atoms with Gasteiger partial charge in [0.25, 0.3) is 0 Å². The van der Waals surface area contributed by atoms with Crippen molar-refractivity contribution in [2.24, 2.45) is 0 Å². The molecule has 1 unspecified atom stereocenters. The van der Waals surface area contributed by atoms with Crippen LogP contribution in [0.3, 0.4) is 0 Å². The van der Waals surface area contributed by atoms with Crippen molar-refractivity contribution in [3.63, 3.8) is 0 Å². The van der Waals surface area contributed by atoms with Crippen LogP contribution in [0.15, 0.2) is 23.8 Å². The molecule has 5 heteroatoms. The standard InChI is InChI=1S/C7H6O5/c8-5-3-1-2-4(7(9)10)6(5)12-11/h1-3,6,11H,(H,9,10). The Balaban J connectivity index is 2.96. The number of hydrogen-bond donors (Lipinski definition) is 2. The molecule has 0 aromatic carbocycles. The molecule has 5 nitrogen and oxygen atoms in total. The molecule has 0 bridgehead atoms. The number of carboxylic acid groups (broad SMARTS) is 1. The molecule has 0 aromatic rings. The number of aliphatic carboxylic acids is 1. The van der Waals surface area contributed by atoms with E-state index in [1.807, 2.05) is 0 Å². The van der Waals surface area contributed by atoms with E-state index < -0.39 is 17.9 Å². The Hall–Kier alpha value is -1.46. The minimum Gasteiger partial charge on any atom is -0.478 e. The number of carbonyl (C=O) groups is 2. The number of rotatable bonds is 2. The topological polar surface area (TPSA) is 83.8 Å². The molecular formula is C7H6O5. The van der Waals surface area contributed by atoms with Gasteiger partial charge in [0.1, 0.15) is 0 Å². The van der Waals surface area contributed by atoms with Crippen LogP contribution in [0.2, 0.25) is 0 Å². The van der Waals surface area contributed by atoms with Crippen molar-refractivity contribution in [2.45, 2.75) is 6.10 Å². The Labute approximate surface area is 67.5 Å². The van der Waals surface area contributed by atoms with Gasteiger partial charge in [-0.05, 0) is 12.2 Å². The van der Waals surface area contributed by atoms with Crippen molar-refractivity contribution in [3.05, 3.63) is 23.8 Å². The summed E-state index contributed by atoms with van der Waals surface area (Å²) in [5.74, 6) is -1.87. The number of carbonyl (C=O) groups excluding carboxylic acids is 1. The summed E-state index contributed by atoms with van der Waals surface area (Å²) in [6.45, 7) is 0. The zero-order valence-electron chi connectivity index (χ0n) is 5.93. The fraction of sp³-hybridized carbons (Fsp3) is 0.143. The van der Waals surface area contributed by atoms with E-state index in [4.69, 9.17) is 10.4 Å². The molecule has 1 aliphatic carbocycles. The van der Waals surface area contributed by atoms with Crippen LogP contribution in [0.4, 0.5) is 0 Å². The first-order valence-corrected chi connectivity index (χ1v) is 3.12. The molecule has 0 heterocycles. The Bertz CT molecular complexity index is 276. The molecule has 0 spiro atoms. The van der Waals surface area contributed by atoms with Gasteiger partial charge in [-0.15, -0.1) is 0 Å². The van der Waals surface area contributed by atoms with E-state index in [0.717, 1.165) is 6.08 Å². The maximum Gasteiger partial charge on any atom is 0.334 e. The first-order chi connectivity index (χ1) is 5.66. The van der Waals surface area contributed by atoms with Gasteiger partial charge < -0.3 is 5.11 Å². The highest BCUT2D eigenvalue weighted by Crippen LogP contribution is 2.12. The molecule has 0 fully saturated rings. The molecular weight excluding hydrogens is 164 g/mol. The molecule has 0 saturated heterocycles. The number of hydrogen-bond acceptors (Lipinski definition) is 4. The average Bonchev–Trinajstić information content (AvgIpc) is 2.03. The summed E-state index contributed by atoms with van der Waals surface area (Å²) in [4.78, 5) is 25.0. The van der Waals surface area contributed by atoms with Gasteiger partial charge in [0.05, 0.1) is 5.57 Å². The third kappa shape index (κ3) is 1.41. The van der Waals surface area contributed by atoms with Crippen LogP contribution in [-0.2, 0) is 14.5 Å². The van der Waals surface area contributed by atoms with E-state index in [1.54, 1.807) is 0 Å². The third-order valence-corrected chi connectivity index (χ3v) is 1.43. The average molecular weight is 170 g/mol. The smallest absolute Gasteiger partial charge is 0.334 e. The van der Waals surface area contributed by atoms with Crippen molar-refractivity contribution in [1.82, 2.24) is 0 Å². The van der Waals surface area contributed by atoms with Gasteiger partial charge in [0.15, 0.2) is 11.9 Å². The molecule has 0 radical (unpaired) electrons. The highest BCUT2D eigenvalue weighted by Gasteiger charge is 2.28. The normalized spacial score (nSPS) is 22.2. The first kappa shape index (κ1) is 8.63. The van der Waals surface area contributed by atoms with E-state index in [2.05, 4.69) is 4.89 Å². The quantitative estimate of drug-likeness (QED) is 0.450. The summed E-state index contributed by atoms with van der Waals surface area (Å²) in [7, 11) is 0. The van der Waals surface area contributed by atoms with Crippen molar-refractivity contribution in [2.75, 3.05) is 0 Å². The molecule has 64 valence electrons. The van der Waals surface area contributed by atoms with Crippen molar-refractivity contribution < 1.29 is 24.8 Å². The van der Waals surface area contributed by atoms with Crippen LogP contribution in [0.5, 0.6) is 0 Å². The largest absolute Gasteiger partial charge is 0.478 e. The summed E-state index contributed by atoms with van der Waals surface area (Å²) < 4.78 is 0. The molecule has 1 atom stereocenters. The van der Waals surface area contributed by atoms with Gasteiger partial charge >= 0.3 is 5.97 Å². The monoisotopic (exact) mass is 170 g/mol. The molecule has 1 rings (SSSR count). The van der Waals surface area contributed by atoms with E-state index >= 15 is 0 Å². The van der Waals surface area contributed by atoms with Crippen LogP contribution in [0, 0.1) is 0 Å². The van der Waals surface area contributed by atoms with Crippen LogP contribution in [-0.4, -0.2) is 28.2 Å². The number of ketones is 1. The summed E-state index contributed by atoms with van der Waals surface area (Å²) in [6, 6.07) is 0. The van der Waals surface area contributed by atoms with Gasteiger partial charge in [-0.2, -0.15) is 0 Å². The Kier molecular flexibility index (Phi) is 2.37. The van der Waals surface area contributed by atoms with Crippen molar-refractivity contribution in [1.29, 1.82) is 0 Å². The first-order valence-electron chi connectivity index (χ1n) is 3.12. The minimum atomic E-state index is -1.40. The predicted octanol–water partition coefficient (Wildman–Crippen LogP) is -0.00550. The zero-order chi connectivity index (χ0) is 9.14. The lowest BCUT2D eigenvalue weighted by Gasteiger charge is -2.12. The van der Waals surface area contributed by atoms with Gasteiger partial charge in [-0.3, -0.25) is 10.1 Å². The Morgan fingerprint density at radius 3 is 2.67 bits per heavy atom. The van der Waals surface area contributed by atoms with Gasteiger partial charge in [0, 0.05) is 0 Å². The molecule has 0 aromatic heterocycles. The molecule has 1 aliphatic rings. The SMILES string of the molecule is O=C(O)C1=CC=CC(=O)C1OO. The van der Waals surface area contributed by atoms with Crippen molar-refractivity contribution in [3.8, 4) is 0 Å². The van der Waals surface area contributed by atoms with E-state index in [1.165, 1.54) is 12.2 Å². The lowest BCUT2D eigenvalue weighted by Crippen LogP contribution is -2.29. The highest BCUT2D eigenvalue weighted by atomic mass is 17.1. The molecule has 0 saturated carbocycles. The summed E-state index contributed by atoms with van der Waals surface area (Å²) in [6.07, 6.45) is 2.23. The highest BCUT2D eigenvalue weighted by molar-refractivity contribution is 6.05. The fourth-order valence-electron chi connectivity index (χ4n) is 0.867. The lowest BCUT2D eigenvalue weighted by molar-refractivity contribution is -0.261. The number of carboxylic acids is 1. The molecule has 0 aliphatic heterocycles. The number of allylic oxidation sites excluding steroid dienone is 2.